The van der Waals surface area contributed by atoms with Crippen LogP contribution >= 0.6 is 0 Å². The van der Waals surface area contributed by atoms with Crippen molar-refractivity contribution in [3.63, 3.8) is 0 Å². The highest BCUT2D eigenvalue weighted by Crippen LogP contribution is 2.39. The third-order valence-corrected chi connectivity index (χ3v) is 3.47. The summed E-state index contributed by atoms with van der Waals surface area (Å²) in [5, 5.41) is 9.04. The van der Waals surface area contributed by atoms with Gasteiger partial charge in [0.05, 0.1) is 13.0 Å². The quantitative estimate of drug-likeness (QED) is 0.851. The largest absolute Gasteiger partial charge is 0.497 e. The van der Waals surface area contributed by atoms with E-state index in [2.05, 4.69) is 0 Å². The normalized spacial score (nSPS) is 20.2. The molecule has 16 heavy (non-hydrogen) atoms. The van der Waals surface area contributed by atoms with Crippen LogP contribution in [0.1, 0.15) is 30.4 Å². The van der Waals surface area contributed by atoms with E-state index >= 15 is 0 Å². The zero-order valence-electron chi connectivity index (χ0n) is 9.56. The zero-order valence-corrected chi connectivity index (χ0v) is 9.56. The van der Waals surface area contributed by atoms with Crippen molar-refractivity contribution in [2.45, 2.75) is 25.7 Å². The van der Waals surface area contributed by atoms with Gasteiger partial charge < -0.3 is 9.84 Å². The molecule has 2 rings (SSSR count). The van der Waals surface area contributed by atoms with Gasteiger partial charge in [-0.3, -0.25) is 4.79 Å². The second-order valence-corrected chi connectivity index (χ2v) is 4.34. The first-order chi connectivity index (χ1) is 7.63. The fourth-order valence-electron chi connectivity index (χ4n) is 2.45. The van der Waals surface area contributed by atoms with Gasteiger partial charge in [0.25, 0.3) is 0 Å². The maximum atomic E-state index is 11.0. The number of carboxylic acids is 1. The van der Waals surface area contributed by atoms with Gasteiger partial charge in [0.15, 0.2) is 0 Å². The van der Waals surface area contributed by atoms with E-state index in [1.807, 2.05) is 18.2 Å². The summed E-state index contributed by atoms with van der Waals surface area (Å²) in [4.78, 5) is 11.0. The van der Waals surface area contributed by atoms with Crippen LogP contribution in [0, 0.1) is 5.92 Å². The lowest BCUT2D eigenvalue weighted by molar-refractivity contribution is -0.141. The number of rotatable bonds is 3. The van der Waals surface area contributed by atoms with Crippen molar-refractivity contribution >= 4 is 5.97 Å². The van der Waals surface area contributed by atoms with Gasteiger partial charge in [-0.05, 0) is 42.0 Å². The van der Waals surface area contributed by atoms with Crippen molar-refractivity contribution in [2.75, 3.05) is 7.11 Å². The Morgan fingerprint density at radius 3 is 2.94 bits per heavy atom. The second kappa shape index (κ2) is 4.16. The molecule has 3 nitrogen and oxygen atoms in total. The first kappa shape index (κ1) is 11.0. The molecular weight excluding hydrogens is 204 g/mol. The fourth-order valence-corrected chi connectivity index (χ4v) is 2.45. The SMILES string of the molecule is COc1ccc2c(c1)CCC2C(C)C(=O)O. The summed E-state index contributed by atoms with van der Waals surface area (Å²) in [5.74, 6) is -0.0240. The summed E-state index contributed by atoms with van der Waals surface area (Å²) in [6.07, 6.45) is 1.88. The van der Waals surface area contributed by atoms with E-state index in [1.165, 1.54) is 11.1 Å². The molecule has 0 fully saturated rings. The van der Waals surface area contributed by atoms with Crippen LogP contribution in [0.3, 0.4) is 0 Å². The molecule has 1 aliphatic rings. The average Bonchev–Trinajstić information content (AvgIpc) is 2.70. The van der Waals surface area contributed by atoms with E-state index < -0.39 is 5.97 Å². The molecule has 0 radical (unpaired) electrons. The smallest absolute Gasteiger partial charge is 0.306 e. The summed E-state index contributed by atoms with van der Waals surface area (Å²) in [6.45, 7) is 1.78. The van der Waals surface area contributed by atoms with Crippen molar-refractivity contribution < 1.29 is 14.6 Å². The first-order valence-electron chi connectivity index (χ1n) is 5.53. The van der Waals surface area contributed by atoms with Crippen molar-refractivity contribution in [3.05, 3.63) is 29.3 Å². The molecule has 1 aromatic rings. The van der Waals surface area contributed by atoms with Crippen LogP contribution < -0.4 is 4.74 Å². The van der Waals surface area contributed by atoms with Crippen LogP contribution in [0.4, 0.5) is 0 Å². The van der Waals surface area contributed by atoms with Gasteiger partial charge in [-0.25, -0.2) is 0 Å². The van der Waals surface area contributed by atoms with E-state index in [9.17, 15) is 4.79 Å². The molecule has 0 saturated heterocycles. The standard InChI is InChI=1S/C13H16O3/c1-8(13(14)15)11-5-3-9-7-10(16-2)4-6-12(9)11/h4,6-8,11H,3,5H2,1-2H3,(H,14,15). The van der Waals surface area contributed by atoms with Crippen molar-refractivity contribution in [3.8, 4) is 5.75 Å². The summed E-state index contributed by atoms with van der Waals surface area (Å²) in [5.41, 5.74) is 2.41. The molecule has 1 aromatic carbocycles. The summed E-state index contributed by atoms with van der Waals surface area (Å²) in [6, 6.07) is 5.93. The number of aliphatic carboxylic acids is 1. The molecule has 0 heterocycles. The van der Waals surface area contributed by atoms with Crippen LogP contribution in [0.5, 0.6) is 5.75 Å². The van der Waals surface area contributed by atoms with E-state index in [0.29, 0.717) is 0 Å². The number of carbonyl (C=O) groups is 1. The highest BCUT2D eigenvalue weighted by Gasteiger charge is 2.31. The Morgan fingerprint density at radius 2 is 2.31 bits per heavy atom. The Balaban J connectivity index is 2.30. The number of aryl methyl sites for hydroxylation is 1. The third kappa shape index (κ3) is 1.77. The lowest BCUT2D eigenvalue weighted by Gasteiger charge is -2.16. The fraction of sp³-hybridized carbons (Fsp3) is 0.462. The van der Waals surface area contributed by atoms with E-state index in [-0.39, 0.29) is 11.8 Å². The Labute approximate surface area is 95.0 Å². The van der Waals surface area contributed by atoms with Gasteiger partial charge in [0.2, 0.25) is 0 Å². The maximum absolute atomic E-state index is 11.0. The Hall–Kier alpha value is -1.51. The third-order valence-electron chi connectivity index (χ3n) is 3.47. The van der Waals surface area contributed by atoms with Gasteiger partial charge in [-0.1, -0.05) is 13.0 Å². The van der Waals surface area contributed by atoms with Crippen molar-refractivity contribution in [1.82, 2.24) is 0 Å². The van der Waals surface area contributed by atoms with Gasteiger partial charge in [0, 0.05) is 0 Å². The van der Waals surface area contributed by atoms with Gasteiger partial charge >= 0.3 is 5.97 Å². The van der Waals surface area contributed by atoms with Gasteiger partial charge in [0.1, 0.15) is 5.75 Å². The Bertz CT molecular complexity index is 412. The van der Waals surface area contributed by atoms with E-state index in [0.717, 1.165) is 18.6 Å². The van der Waals surface area contributed by atoms with E-state index in [1.54, 1.807) is 14.0 Å². The minimum Gasteiger partial charge on any atom is -0.497 e. The molecule has 0 amide bonds. The topological polar surface area (TPSA) is 46.5 Å². The maximum Gasteiger partial charge on any atom is 0.306 e. The van der Waals surface area contributed by atoms with Crippen LogP contribution in [0.25, 0.3) is 0 Å². The molecule has 0 aliphatic heterocycles. The van der Waals surface area contributed by atoms with Crippen LogP contribution in [-0.4, -0.2) is 18.2 Å². The predicted octanol–water partition coefficient (Wildman–Crippen LogP) is 2.45. The van der Waals surface area contributed by atoms with E-state index in [4.69, 9.17) is 9.84 Å². The highest BCUT2D eigenvalue weighted by atomic mass is 16.5. The van der Waals surface area contributed by atoms with Gasteiger partial charge in [-0.15, -0.1) is 0 Å². The van der Waals surface area contributed by atoms with Crippen molar-refractivity contribution in [2.24, 2.45) is 5.92 Å². The number of hydrogen-bond acceptors (Lipinski definition) is 2. The lowest BCUT2D eigenvalue weighted by atomic mass is 9.89. The number of benzene rings is 1. The minimum absolute atomic E-state index is 0.151. The predicted molar refractivity (Wildman–Crippen MR) is 60.9 cm³/mol. The summed E-state index contributed by atoms with van der Waals surface area (Å²) < 4.78 is 5.17. The zero-order chi connectivity index (χ0) is 11.7. The molecule has 86 valence electrons. The molecule has 1 N–H and O–H groups in total. The lowest BCUT2D eigenvalue weighted by Crippen LogP contribution is -2.17. The monoisotopic (exact) mass is 220 g/mol. The molecule has 0 bridgehead atoms. The second-order valence-electron chi connectivity index (χ2n) is 4.34. The van der Waals surface area contributed by atoms with Crippen LogP contribution in [0.15, 0.2) is 18.2 Å². The molecular formula is C13H16O3. The summed E-state index contributed by atoms with van der Waals surface area (Å²) >= 11 is 0. The number of methoxy groups -OCH3 is 1. The Kier molecular flexibility index (Phi) is 2.86. The molecule has 2 unspecified atom stereocenters. The molecule has 0 aromatic heterocycles. The average molecular weight is 220 g/mol. The highest BCUT2D eigenvalue weighted by molar-refractivity contribution is 5.71. The Morgan fingerprint density at radius 1 is 1.56 bits per heavy atom. The van der Waals surface area contributed by atoms with Crippen LogP contribution in [0.2, 0.25) is 0 Å². The molecule has 0 spiro atoms. The first-order valence-corrected chi connectivity index (χ1v) is 5.53. The van der Waals surface area contributed by atoms with Crippen LogP contribution in [-0.2, 0) is 11.2 Å². The number of ether oxygens (including phenoxy) is 1. The number of hydrogen-bond donors (Lipinski definition) is 1. The molecule has 2 atom stereocenters. The molecule has 0 saturated carbocycles. The van der Waals surface area contributed by atoms with Crippen molar-refractivity contribution in [1.29, 1.82) is 0 Å². The number of carboxylic acid groups (broad SMARTS) is 1. The molecule has 1 aliphatic carbocycles. The minimum atomic E-state index is -0.714. The molecule has 3 heteroatoms. The number of fused-ring (bicyclic) bond motifs is 1. The summed E-state index contributed by atoms with van der Waals surface area (Å²) in [7, 11) is 1.65. The van der Waals surface area contributed by atoms with Gasteiger partial charge in [-0.2, -0.15) is 0 Å².